The summed E-state index contributed by atoms with van der Waals surface area (Å²) < 4.78 is 74.8. The predicted molar refractivity (Wildman–Crippen MR) is 136 cm³/mol. The molecular formula is C27H26F3NO6S. The van der Waals surface area contributed by atoms with Crippen molar-refractivity contribution < 1.29 is 41.3 Å². The van der Waals surface area contributed by atoms with E-state index in [2.05, 4.69) is 0 Å². The molecule has 0 spiro atoms. The number of carboxylic acids is 1. The first-order valence-corrected chi connectivity index (χ1v) is 13.0. The van der Waals surface area contributed by atoms with Gasteiger partial charge in [0, 0.05) is 12.8 Å². The van der Waals surface area contributed by atoms with E-state index >= 15 is 0 Å². The number of aliphatic hydroxyl groups excluding tert-OH is 1. The fraction of sp³-hybridized carbons (Fsp3) is 0.222. The molecule has 202 valence electrons. The number of hydrogen-bond donors (Lipinski definition) is 3. The Bertz CT molecular complexity index is 1380. The average Bonchev–Trinajstić information content (AvgIpc) is 2.86. The van der Waals surface area contributed by atoms with Crippen LogP contribution < -0.4 is 9.46 Å². The quantitative estimate of drug-likeness (QED) is 0.280. The Labute approximate surface area is 218 Å². The monoisotopic (exact) mass is 549 g/mol. The summed E-state index contributed by atoms with van der Waals surface area (Å²) in [7, 11) is -4.27. The number of benzene rings is 3. The van der Waals surface area contributed by atoms with Gasteiger partial charge in [-0.25, -0.2) is 8.42 Å². The van der Waals surface area contributed by atoms with Crippen LogP contribution in [-0.2, 0) is 27.4 Å². The third-order valence-corrected chi connectivity index (χ3v) is 6.81. The van der Waals surface area contributed by atoms with Gasteiger partial charge in [0.15, 0.2) is 0 Å². The number of hydrogen-bond acceptors (Lipinski definition) is 5. The zero-order chi connectivity index (χ0) is 27.8. The van der Waals surface area contributed by atoms with E-state index in [1.165, 1.54) is 42.5 Å². The molecule has 0 heterocycles. The summed E-state index contributed by atoms with van der Waals surface area (Å²) >= 11 is 0. The Kier molecular flexibility index (Phi) is 9.54. The molecule has 0 saturated carbocycles. The van der Waals surface area contributed by atoms with Crippen LogP contribution in [0.2, 0.25) is 0 Å². The van der Waals surface area contributed by atoms with Crippen LogP contribution in [-0.4, -0.2) is 37.3 Å². The average molecular weight is 550 g/mol. The molecule has 3 aromatic rings. The van der Waals surface area contributed by atoms with Gasteiger partial charge in [0.05, 0.1) is 28.9 Å². The van der Waals surface area contributed by atoms with Crippen molar-refractivity contribution in [1.82, 2.24) is 0 Å². The molecule has 11 heteroatoms. The van der Waals surface area contributed by atoms with Crippen LogP contribution in [0.4, 0.5) is 18.9 Å². The molecule has 0 aliphatic heterocycles. The molecule has 3 rings (SSSR count). The minimum Gasteiger partial charge on any atom is -0.493 e. The van der Waals surface area contributed by atoms with E-state index in [1.807, 2.05) is 4.72 Å². The molecule has 0 aromatic heterocycles. The topological polar surface area (TPSA) is 113 Å². The lowest BCUT2D eigenvalue weighted by Gasteiger charge is -2.17. The molecule has 0 unspecified atom stereocenters. The summed E-state index contributed by atoms with van der Waals surface area (Å²) in [6.45, 7) is 0.0264. The van der Waals surface area contributed by atoms with Crippen LogP contribution in [0.5, 0.6) is 5.75 Å². The fourth-order valence-corrected chi connectivity index (χ4v) is 4.70. The summed E-state index contributed by atoms with van der Waals surface area (Å²) in [6, 6.07) is 17.3. The van der Waals surface area contributed by atoms with Crippen molar-refractivity contribution in [2.24, 2.45) is 0 Å². The van der Waals surface area contributed by atoms with Crippen molar-refractivity contribution >= 4 is 27.8 Å². The van der Waals surface area contributed by atoms with Crippen LogP contribution >= 0.6 is 0 Å². The van der Waals surface area contributed by atoms with Gasteiger partial charge in [-0.1, -0.05) is 60.7 Å². The Morgan fingerprint density at radius 2 is 1.68 bits per heavy atom. The fourth-order valence-electron chi connectivity index (χ4n) is 3.61. The van der Waals surface area contributed by atoms with Gasteiger partial charge in [-0.2, -0.15) is 13.2 Å². The SMILES string of the molecule is O=C(O)CCc1ccccc1OCC[C@@H](O)/C=C/c1cccc(NS(=O)(=O)c2ccccc2)c1C(F)(F)F. The third kappa shape index (κ3) is 8.09. The number of sulfonamides is 1. The van der Waals surface area contributed by atoms with Gasteiger partial charge < -0.3 is 14.9 Å². The molecule has 0 aliphatic rings. The highest BCUT2D eigenvalue weighted by atomic mass is 32.2. The number of alkyl halides is 3. The van der Waals surface area contributed by atoms with Crippen LogP contribution in [0.1, 0.15) is 29.5 Å². The summed E-state index contributed by atoms with van der Waals surface area (Å²) in [5, 5.41) is 19.2. The first kappa shape index (κ1) is 28.7. The van der Waals surface area contributed by atoms with Gasteiger partial charge in [0.1, 0.15) is 5.75 Å². The number of carboxylic acid groups (broad SMARTS) is 1. The maximum absolute atomic E-state index is 14.0. The van der Waals surface area contributed by atoms with E-state index in [1.54, 1.807) is 30.3 Å². The smallest absolute Gasteiger partial charge is 0.419 e. The first-order valence-electron chi connectivity index (χ1n) is 11.5. The number of rotatable bonds is 12. The van der Waals surface area contributed by atoms with Gasteiger partial charge in [0.2, 0.25) is 0 Å². The highest BCUT2D eigenvalue weighted by Crippen LogP contribution is 2.39. The minimum absolute atomic E-state index is 0.0264. The normalized spacial score (nSPS) is 12.8. The Morgan fingerprint density at radius 3 is 2.37 bits per heavy atom. The largest absolute Gasteiger partial charge is 0.493 e. The number of aliphatic hydroxyl groups is 1. The lowest BCUT2D eigenvalue weighted by Crippen LogP contribution is -2.18. The number of halogens is 3. The number of anilines is 1. The van der Waals surface area contributed by atoms with E-state index in [4.69, 9.17) is 9.84 Å². The van der Waals surface area contributed by atoms with Gasteiger partial charge in [0.25, 0.3) is 10.0 Å². The van der Waals surface area contributed by atoms with E-state index in [0.717, 1.165) is 12.1 Å². The molecule has 1 atom stereocenters. The summed E-state index contributed by atoms with van der Waals surface area (Å²) in [6.07, 6.45) is -3.57. The third-order valence-electron chi connectivity index (χ3n) is 5.43. The van der Waals surface area contributed by atoms with Crippen LogP contribution in [0, 0.1) is 0 Å². The molecule has 7 nitrogen and oxygen atoms in total. The van der Waals surface area contributed by atoms with Crippen molar-refractivity contribution in [2.75, 3.05) is 11.3 Å². The maximum atomic E-state index is 14.0. The second kappa shape index (κ2) is 12.6. The van der Waals surface area contributed by atoms with E-state index in [-0.39, 0.29) is 36.3 Å². The highest BCUT2D eigenvalue weighted by molar-refractivity contribution is 7.92. The Balaban J connectivity index is 1.72. The second-order valence-corrected chi connectivity index (χ2v) is 9.93. The Morgan fingerprint density at radius 1 is 1.00 bits per heavy atom. The Hall–Kier alpha value is -3.83. The molecule has 0 amide bonds. The van der Waals surface area contributed by atoms with Gasteiger partial charge in [-0.15, -0.1) is 0 Å². The van der Waals surface area contributed by atoms with Gasteiger partial charge >= 0.3 is 12.1 Å². The molecule has 0 radical (unpaired) electrons. The van der Waals surface area contributed by atoms with Crippen molar-refractivity contribution in [3.8, 4) is 5.75 Å². The molecule has 0 bridgehead atoms. The molecule has 3 aromatic carbocycles. The number of ether oxygens (including phenoxy) is 1. The van der Waals surface area contributed by atoms with Crippen LogP contribution in [0.3, 0.4) is 0 Å². The van der Waals surface area contributed by atoms with Crippen LogP contribution in [0.25, 0.3) is 6.08 Å². The van der Waals surface area contributed by atoms with Crippen molar-refractivity contribution in [2.45, 2.75) is 36.4 Å². The number of nitrogens with one attached hydrogen (secondary N) is 1. The van der Waals surface area contributed by atoms with Crippen molar-refractivity contribution in [3.63, 3.8) is 0 Å². The van der Waals surface area contributed by atoms with E-state index < -0.39 is 39.5 Å². The number of aliphatic carboxylic acids is 1. The van der Waals surface area contributed by atoms with E-state index in [9.17, 15) is 31.5 Å². The van der Waals surface area contributed by atoms with Gasteiger partial charge in [-0.05, 0) is 41.8 Å². The molecule has 0 aliphatic carbocycles. The molecule has 0 saturated heterocycles. The number of aryl methyl sites for hydroxylation is 1. The second-order valence-electron chi connectivity index (χ2n) is 8.25. The zero-order valence-corrected chi connectivity index (χ0v) is 20.9. The first-order chi connectivity index (χ1) is 18.0. The van der Waals surface area contributed by atoms with Crippen LogP contribution in [0.15, 0.2) is 83.8 Å². The highest BCUT2D eigenvalue weighted by Gasteiger charge is 2.36. The molecular weight excluding hydrogens is 523 g/mol. The molecule has 0 fully saturated rings. The summed E-state index contributed by atoms with van der Waals surface area (Å²) in [5.41, 5.74) is -1.47. The number of carbonyl (C=O) groups is 1. The zero-order valence-electron chi connectivity index (χ0n) is 20.1. The maximum Gasteiger partial charge on any atom is 0.419 e. The van der Waals surface area contributed by atoms with E-state index in [0.29, 0.717) is 11.3 Å². The minimum atomic E-state index is -4.89. The van der Waals surface area contributed by atoms with Gasteiger partial charge in [-0.3, -0.25) is 9.52 Å². The standard InChI is InChI=1S/C27H26F3NO6S/c28-27(29,30)26-20(8-6-11-23(26)31-38(35,36)22-9-2-1-3-10-22)13-15-21(32)17-18-37-24-12-5-4-7-19(24)14-16-25(33)34/h1-13,15,21,31-32H,14,16-18H2,(H,33,34)/b15-13+/t21-/m0/s1. The predicted octanol–water partition coefficient (Wildman–Crippen LogP) is 5.37. The van der Waals surface area contributed by atoms with Crippen molar-refractivity contribution in [3.05, 3.63) is 95.6 Å². The lowest BCUT2D eigenvalue weighted by molar-refractivity contribution is -0.137. The van der Waals surface area contributed by atoms with Crippen molar-refractivity contribution in [1.29, 1.82) is 0 Å². The molecule has 38 heavy (non-hydrogen) atoms. The summed E-state index contributed by atoms with van der Waals surface area (Å²) in [5.74, 6) is -0.488. The summed E-state index contributed by atoms with van der Waals surface area (Å²) in [4.78, 5) is 10.6. The number of para-hydroxylation sites is 1. The lowest BCUT2D eigenvalue weighted by atomic mass is 10.0. The molecule has 3 N–H and O–H groups in total.